The molecule has 1 saturated carbocycles. The Morgan fingerprint density at radius 1 is 1.33 bits per heavy atom. The molecule has 0 heterocycles. The molecule has 1 aliphatic carbocycles. The summed E-state index contributed by atoms with van der Waals surface area (Å²) < 4.78 is 25.0. The van der Waals surface area contributed by atoms with Crippen LogP contribution < -0.4 is 10.0 Å². The number of rotatable bonds is 7. The van der Waals surface area contributed by atoms with Crippen LogP contribution in [-0.4, -0.2) is 55.1 Å². The second-order valence-electron chi connectivity index (χ2n) is 6.70. The monoisotopic (exact) mass is 322 g/mol. The van der Waals surface area contributed by atoms with Crippen LogP contribution in [0.1, 0.15) is 39.5 Å². The first-order valence-electron chi connectivity index (χ1n) is 7.07. The molecule has 0 spiro atoms. The maximum atomic E-state index is 11.2. The largest absolute Gasteiger partial charge is 0.481 e. The second kappa shape index (κ2) is 6.60. The highest BCUT2D eigenvalue weighted by atomic mass is 32.2. The van der Waals surface area contributed by atoms with E-state index in [4.69, 9.17) is 5.11 Å². The van der Waals surface area contributed by atoms with Crippen LogP contribution in [0.2, 0.25) is 0 Å². The second-order valence-corrected chi connectivity index (χ2v) is 8.45. The van der Waals surface area contributed by atoms with Gasteiger partial charge in [-0.15, -0.1) is 0 Å². The Morgan fingerprint density at radius 2 is 1.86 bits per heavy atom. The Bertz CT molecular complexity index is 467. The minimum atomic E-state index is -3.29. The summed E-state index contributed by atoms with van der Waals surface area (Å²) in [6.07, 6.45) is 2.93. The quantitative estimate of drug-likeness (QED) is 0.521. The third-order valence-electron chi connectivity index (χ3n) is 3.75. The Kier molecular flexibility index (Phi) is 5.76. The van der Waals surface area contributed by atoms with Crippen molar-refractivity contribution in [3.8, 4) is 0 Å². The Hall–Kier alpha value is -0.700. The molecule has 0 atom stereocenters. The van der Waals surface area contributed by atoms with Crippen LogP contribution in [-0.2, 0) is 14.8 Å². The Labute approximate surface area is 126 Å². The Balaban J connectivity index is 2.40. The molecule has 0 amide bonds. The zero-order valence-electron chi connectivity index (χ0n) is 12.8. The molecule has 1 aliphatic rings. The lowest BCUT2D eigenvalue weighted by Gasteiger charge is -2.36. The van der Waals surface area contributed by atoms with Gasteiger partial charge in [0.15, 0.2) is 0 Å². The van der Waals surface area contributed by atoms with Gasteiger partial charge >= 0.3 is 5.97 Å². The molecule has 4 N–H and O–H groups in total. The first-order chi connectivity index (χ1) is 9.43. The van der Waals surface area contributed by atoms with Crippen molar-refractivity contribution in [2.45, 2.75) is 50.7 Å². The molecular weight excluding hydrogens is 296 g/mol. The standard InChI is InChI=1S/C13H26N2O5S/c1-12(2,15-21(3,19)20)8-14-9-13(18)6-4-10(5-7-13)11(16)17/h10,14-15,18H,4-9H2,1-3H3,(H,16,17). The molecule has 0 bridgehead atoms. The number of hydrogen-bond acceptors (Lipinski definition) is 5. The summed E-state index contributed by atoms with van der Waals surface area (Å²) in [5.41, 5.74) is -1.56. The lowest BCUT2D eigenvalue weighted by molar-refractivity contribution is -0.144. The third kappa shape index (κ3) is 6.73. The summed E-state index contributed by atoms with van der Waals surface area (Å²) in [5, 5.41) is 22.4. The van der Waals surface area contributed by atoms with Gasteiger partial charge < -0.3 is 15.5 Å². The van der Waals surface area contributed by atoms with Gasteiger partial charge in [-0.05, 0) is 39.5 Å². The lowest BCUT2D eigenvalue weighted by atomic mass is 9.79. The van der Waals surface area contributed by atoms with Crippen LogP contribution >= 0.6 is 0 Å². The van der Waals surface area contributed by atoms with E-state index in [1.807, 2.05) is 0 Å². The van der Waals surface area contributed by atoms with E-state index in [1.54, 1.807) is 13.8 Å². The fourth-order valence-electron chi connectivity index (χ4n) is 2.72. The van der Waals surface area contributed by atoms with Crippen molar-refractivity contribution in [3.05, 3.63) is 0 Å². The normalized spacial score (nSPS) is 27.5. The SMILES string of the molecule is CC(C)(CNCC1(O)CCC(C(=O)O)CC1)NS(C)(=O)=O. The number of aliphatic hydroxyl groups is 1. The van der Waals surface area contributed by atoms with Crippen LogP contribution in [0.25, 0.3) is 0 Å². The van der Waals surface area contributed by atoms with Gasteiger partial charge in [-0.3, -0.25) is 4.79 Å². The van der Waals surface area contributed by atoms with Gasteiger partial charge in [0, 0.05) is 18.6 Å². The van der Waals surface area contributed by atoms with Crippen molar-refractivity contribution in [1.82, 2.24) is 10.0 Å². The van der Waals surface area contributed by atoms with Gasteiger partial charge in [-0.2, -0.15) is 0 Å². The van der Waals surface area contributed by atoms with Gasteiger partial charge in [0.1, 0.15) is 0 Å². The summed E-state index contributed by atoms with van der Waals surface area (Å²) in [4.78, 5) is 10.9. The van der Waals surface area contributed by atoms with Crippen molar-refractivity contribution in [2.75, 3.05) is 19.3 Å². The highest BCUT2D eigenvalue weighted by Gasteiger charge is 2.35. The van der Waals surface area contributed by atoms with E-state index in [0.717, 1.165) is 6.26 Å². The first-order valence-corrected chi connectivity index (χ1v) is 8.96. The van der Waals surface area contributed by atoms with E-state index in [2.05, 4.69) is 10.0 Å². The van der Waals surface area contributed by atoms with Gasteiger partial charge in [-0.1, -0.05) is 0 Å². The number of nitrogens with one attached hydrogen (secondary N) is 2. The average molecular weight is 322 g/mol. The van der Waals surface area contributed by atoms with Crippen molar-refractivity contribution >= 4 is 16.0 Å². The Morgan fingerprint density at radius 3 is 2.29 bits per heavy atom. The van der Waals surface area contributed by atoms with Gasteiger partial charge in [0.25, 0.3) is 0 Å². The number of aliphatic carboxylic acids is 1. The topological polar surface area (TPSA) is 116 Å². The van der Waals surface area contributed by atoms with Crippen LogP contribution in [0.15, 0.2) is 0 Å². The zero-order valence-corrected chi connectivity index (χ0v) is 13.7. The van der Waals surface area contributed by atoms with E-state index in [0.29, 0.717) is 38.8 Å². The van der Waals surface area contributed by atoms with Gasteiger partial charge in [0.2, 0.25) is 10.0 Å². The molecule has 0 unspecified atom stereocenters. The minimum Gasteiger partial charge on any atom is -0.481 e. The number of carboxylic acid groups (broad SMARTS) is 1. The highest BCUT2D eigenvalue weighted by molar-refractivity contribution is 7.88. The van der Waals surface area contributed by atoms with E-state index >= 15 is 0 Å². The summed E-state index contributed by atoms with van der Waals surface area (Å²) in [7, 11) is -3.29. The molecule has 0 radical (unpaired) electrons. The molecule has 8 heteroatoms. The number of hydrogen-bond donors (Lipinski definition) is 4. The molecule has 7 nitrogen and oxygen atoms in total. The van der Waals surface area contributed by atoms with E-state index in [9.17, 15) is 18.3 Å². The number of carboxylic acids is 1. The van der Waals surface area contributed by atoms with Crippen molar-refractivity contribution in [1.29, 1.82) is 0 Å². The highest BCUT2D eigenvalue weighted by Crippen LogP contribution is 2.31. The zero-order chi connectivity index (χ0) is 16.3. The van der Waals surface area contributed by atoms with Crippen LogP contribution in [0.4, 0.5) is 0 Å². The van der Waals surface area contributed by atoms with E-state index in [-0.39, 0.29) is 5.92 Å². The van der Waals surface area contributed by atoms with Crippen LogP contribution in [0.3, 0.4) is 0 Å². The first kappa shape index (κ1) is 18.3. The van der Waals surface area contributed by atoms with E-state index < -0.39 is 27.1 Å². The summed E-state index contributed by atoms with van der Waals surface area (Å²) in [5.74, 6) is -1.17. The molecule has 1 rings (SSSR count). The predicted octanol–water partition coefficient (Wildman–Crippen LogP) is -0.0903. The number of sulfonamides is 1. The molecule has 21 heavy (non-hydrogen) atoms. The number of carbonyl (C=O) groups is 1. The molecule has 1 fully saturated rings. The molecule has 0 aromatic rings. The summed E-state index contributed by atoms with van der Waals surface area (Å²) in [6.45, 7) is 4.22. The van der Waals surface area contributed by atoms with Crippen molar-refractivity contribution in [2.24, 2.45) is 5.92 Å². The van der Waals surface area contributed by atoms with Crippen molar-refractivity contribution < 1.29 is 23.4 Å². The fraction of sp³-hybridized carbons (Fsp3) is 0.923. The summed E-state index contributed by atoms with van der Waals surface area (Å²) in [6, 6.07) is 0. The molecular formula is C13H26N2O5S. The van der Waals surface area contributed by atoms with Crippen LogP contribution in [0.5, 0.6) is 0 Å². The predicted molar refractivity (Wildman–Crippen MR) is 79.5 cm³/mol. The average Bonchev–Trinajstić information content (AvgIpc) is 2.25. The molecule has 0 saturated heterocycles. The smallest absolute Gasteiger partial charge is 0.306 e. The fourth-order valence-corrected chi connectivity index (χ4v) is 3.80. The molecule has 124 valence electrons. The third-order valence-corrected chi connectivity index (χ3v) is 4.67. The summed E-state index contributed by atoms with van der Waals surface area (Å²) >= 11 is 0. The van der Waals surface area contributed by atoms with Gasteiger partial charge in [0.05, 0.1) is 17.8 Å². The van der Waals surface area contributed by atoms with E-state index in [1.165, 1.54) is 0 Å². The molecule has 0 aromatic heterocycles. The maximum Gasteiger partial charge on any atom is 0.306 e. The van der Waals surface area contributed by atoms with Crippen molar-refractivity contribution in [3.63, 3.8) is 0 Å². The molecule has 0 aromatic carbocycles. The lowest BCUT2D eigenvalue weighted by Crippen LogP contribution is -2.53. The minimum absolute atomic E-state index is 0.328. The maximum absolute atomic E-state index is 11.2. The van der Waals surface area contributed by atoms with Crippen LogP contribution in [0, 0.1) is 5.92 Å². The van der Waals surface area contributed by atoms with Gasteiger partial charge in [-0.25, -0.2) is 13.1 Å². The molecule has 0 aliphatic heterocycles.